The number of amides is 1. The lowest BCUT2D eigenvalue weighted by Crippen LogP contribution is -2.14. The Morgan fingerprint density at radius 1 is 1.39 bits per heavy atom. The molecular weight excluding hydrogens is 339 g/mol. The summed E-state index contributed by atoms with van der Waals surface area (Å²) < 4.78 is 19.2. The molecule has 0 radical (unpaired) electrons. The molecule has 0 spiro atoms. The number of ether oxygens (including phenoxy) is 1. The summed E-state index contributed by atoms with van der Waals surface area (Å²) in [7, 11) is 1.45. The van der Waals surface area contributed by atoms with Crippen molar-refractivity contribution < 1.29 is 13.9 Å². The van der Waals surface area contributed by atoms with Crippen molar-refractivity contribution >= 4 is 44.2 Å². The maximum atomic E-state index is 13.5. The summed E-state index contributed by atoms with van der Waals surface area (Å²) in [6.07, 6.45) is 0.183. The number of hydrogen-bond donors (Lipinski definition) is 1. The zero-order valence-electron chi connectivity index (χ0n) is 12.1. The molecule has 3 rings (SSSR count). The molecule has 1 amide bonds. The number of carbonyl (C=O) groups excluding carboxylic acids is 1. The van der Waals surface area contributed by atoms with Crippen molar-refractivity contribution in [2.24, 2.45) is 0 Å². The Hall–Kier alpha value is -2.18. The third-order valence-corrected chi connectivity index (χ3v) is 4.30. The van der Waals surface area contributed by atoms with Crippen molar-refractivity contribution in [2.45, 2.75) is 6.42 Å². The van der Waals surface area contributed by atoms with Crippen LogP contribution in [-0.4, -0.2) is 18.0 Å². The van der Waals surface area contributed by atoms with Gasteiger partial charge in [0.25, 0.3) is 0 Å². The van der Waals surface area contributed by atoms with Gasteiger partial charge < -0.3 is 10.1 Å². The molecule has 0 atom stereocenters. The lowest BCUT2D eigenvalue weighted by atomic mass is 10.1. The number of thiazole rings is 1. The fourth-order valence-electron chi connectivity index (χ4n) is 2.17. The van der Waals surface area contributed by atoms with Crippen LogP contribution in [0, 0.1) is 5.82 Å². The van der Waals surface area contributed by atoms with Gasteiger partial charge in [-0.25, -0.2) is 9.37 Å². The summed E-state index contributed by atoms with van der Waals surface area (Å²) in [6.45, 7) is 0. The van der Waals surface area contributed by atoms with E-state index < -0.39 is 5.82 Å². The van der Waals surface area contributed by atoms with Crippen molar-refractivity contribution in [1.29, 1.82) is 0 Å². The minimum Gasteiger partial charge on any atom is -0.494 e. The molecule has 0 bridgehead atoms. The van der Waals surface area contributed by atoms with Crippen molar-refractivity contribution in [3.63, 3.8) is 0 Å². The number of carbonyl (C=O) groups is 1. The zero-order chi connectivity index (χ0) is 16.4. The van der Waals surface area contributed by atoms with E-state index in [9.17, 15) is 9.18 Å². The molecule has 7 heteroatoms. The van der Waals surface area contributed by atoms with Crippen LogP contribution >= 0.6 is 22.9 Å². The number of anilines is 1. The van der Waals surface area contributed by atoms with Crippen LogP contribution in [0.3, 0.4) is 0 Å². The SMILES string of the molecule is COc1cc(F)cc2sc(NC(=O)Cc3cccc(Cl)c3)nc12. The maximum absolute atomic E-state index is 13.5. The van der Waals surface area contributed by atoms with Crippen LogP contribution in [0.25, 0.3) is 10.2 Å². The predicted molar refractivity (Wildman–Crippen MR) is 89.9 cm³/mol. The molecule has 1 heterocycles. The number of nitrogens with one attached hydrogen (secondary N) is 1. The Balaban J connectivity index is 1.80. The highest BCUT2D eigenvalue weighted by molar-refractivity contribution is 7.22. The van der Waals surface area contributed by atoms with Crippen molar-refractivity contribution in [3.05, 3.63) is 52.8 Å². The average Bonchev–Trinajstić information content (AvgIpc) is 2.88. The van der Waals surface area contributed by atoms with Gasteiger partial charge in [0, 0.05) is 11.1 Å². The van der Waals surface area contributed by atoms with Gasteiger partial charge in [0.2, 0.25) is 5.91 Å². The fourth-order valence-corrected chi connectivity index (χ4v) is 3.31. The van der Waals surface area contributed by atoms with E-state index in [0.29, 0.717) is 26.1 Å². The van der Waals surface area contributed by atoms with Gasteiger partial charge in [-0.05, 0) is 23.8 Å². The summed E-state index contributed by atoms with van der Waals surface area (Å²) in [4.78, 5) is 16.4. The molecule has 0 saturated carbocycles. The Morgan fingerprint density at radius 2 is 2.22 bits per heavy atom. The third kappa shape index (κ3) is 3.60. The van der Waals surface area contributed by atoms with Gasteiger partial charge in [0.15, 0.2) is 5.13 Å². The van der Waals surface area contributed by atoms with Gasteiger partial charge in [-0.3, -0.25) is 4.79 Å². The molecule has 0 aliphatic heterocycles. The van der Waals surface area contributed by atoms with E-state index >= 15 is 0 Å². The maximum Gasteiger partial charge on any atom is 0.230 e. The lowest BCUT2D eigenvalue weighted by molar-refractivity contribution is -0.115. The Morgan fingerprint density at radius 3 is 2.96 bits per heavy atom. The van der Waals surface area contributed by atoms with E-state index in [1.54, 1.807) is 18.2 Å². The number of hydrogen-bond acceptors (Lipinski definition) is 4. The summed E-state index contributed by atoms with van der Waals surface area (Å²) in [6, 6.07) is 9.72. The van der Waals surface area contributed by atoms with Crippen molar-refractivity contribution in [3.8, 4) is 5.75 Å². The smallest absolute Gasteiger partial charge is 0.230 e. The molecule has 0 aliphatic rings. The van der Waals surface area contributed by atoms with E-state index in [0.717, 1.165) is 5.56 Å². The summed E-state index contributed by atoms with van der Waals surface area (Å²) in [5.74, 6) is -0.285. The number of halogens is 2. The Bertz CT molecular complexity index is 882. The van der Waals surface area contributed by atoms with Gasteiger partial charge >= 0.3 is 0 Å². The summed E-state index contributed by atoms with van der Waals surface area (Å²) >= 11 is 7.09. The minimum atomic E-state index is -0.408. The first kappa shape index (κ1) is 15.7. The van der Waals surface area contributed by atoms with Crippen molar-refractivity contribution in [2.75, 3.05) is 12.4 Å². The second-order valence-corrected chi connectivity index (χ2v) is 6.30. The van der Waals surface area contributed by atoms with Crippen LogP contribution < -0.4 is 10.1 Å². The highest BCUT2D eigenvalue weighted by atomic mass is 35.5. The molecular formula is C16H12ClFN2O2S. The topological polar surface area (TPSA) is 51.2 Å². The molecule has 0 fully saturated rings. The fraction of sp³-hybridized carbons (Fsp3) is 0.125. The molecule has 23 heavy (non-hydrogen) atoms. The van der Waals surface area contributed by atoms with Crippen LogP contribution in [-0.2, 0) is 11.2 Å². The average molecular weight is 351 g/mol. The molecule has 0 saturated heterocycles. The largest absolute Gasteiger partial charge is 0.494 e. The quantitative estimate of drug-likeness (QED) is 0.764. The van der Waals surface area contributed by atoms with Gasteiger partial charge in [0.1, 0.15) is 17.1 Å². The lowest BCUT2D eigenvalue weighted by Gasteiger charge is -2.02. The van der Waals surface area contributed by atoms with Crippen LogP contribution in [0.15, 0.2) is 36.4 Å². The van der Waals surface area contributed by atoms with Crippen LogP contribution in [0.4, 0.5) is 9.52 Å². The standard InChI is InChI=1S/C16H12ClFN2O2S/c1-22-12-7-11(18)8-13-15(12)20-16(23-13)19-14(21)6-9-3-2-4-10(17)5-9/h2-5,7-8H,6H2,1H3,(H,19,20,21). The first-order valence-corrected chi connectivity index (χ1v) is 7.93. The second kappa shape index (κ2) is 6.52. The molecule has 118 valence electrons. The molecule has 3 aromatic rings. The number of aromatic nitrogens is 1. The van der Waals surface area contributed by atoms with E-state index in [4.69, 9.17) is 16.3 Å². The van der Waals surface area contributed by atoms with E-state index in [2.05, 4.69) is 10.3 Å². The first-order chi connectivity index (χ1) is 11.0. The molecule has 1 N–H and O–H groups in total. The number of rotatable bonds is 4. The first-order valence-electron chi connectivity index (χ1n) is 6.73. The Kier molecular flexibility index (Phi) is 4.45. The number of fused-ring (bicyclic) bond motifs is 1. The third-order valence-electron chi connectivity index (χ3n) is 3.14. The number of nitrogens with zero attached hydrogens (tertiary/aromatic N) is 1. The van der Waals surface area contributed by atoms with E-state index in [1.165, 1.54) is 30.6 Å². The van der Waals surface area contributed by atoms with Crippen LogP contribution in [0.5, 0.6) is 5.75 Å². The predicted octanol–water partition coefficient (Wildman–Crippen LogP) is 4.28. The van der Waals surface area contributed by atoms with E-state index in [1.807, 2.05) is 6.07 Å². The highest BCUT2D eigenvalue weighted by Crippen LogP contribution is 2.33. The highest BCUT2D eigenvalue weighted by Gasteiger charge is 2.13. The van der Waals surface area contributed by atoms with Crippen LogP contribution in [0.2, 0.25) is 5.02 Å². The van der Waals surface area contributed by atoms with Crippen LogP contribution in [0.1, 0.15) is 5.56 Å². The van der Waals surface area contributed by atoms with E-state index in [-0.39, 0.29) is 12.3 Å². The van der Waals surface area contributed by atoms with Gasteiger partial charge in [-0.15, -0.1) is 0 Å². The molecule has 2 aromatic carbocycles. The molecule has 4 nitrogen and oxygen atoms in total. The zero-order valence-corrected chi connectivity index (χ0v) is 13.7. The molecule has 0 aliphatic carbocycles. The molecule has 0 unspecified atom stereocenters. The normalized spacial score (nSPS) is 10.7. The Labute approximate surface area is 140 Å². The molecule has 1 aromatic heterocycles. The van der Waals surface area contributed by atoms with Gasteiger partial charge in [0.05, 0.1) is 18.2 Å². The number of methoxy groups -OCH3 is 1. The van der Waals surface area contributed by atoms with Gasteiger partial charge in [-0.1, -0.05) is 35.1 Å². The summed E-state index contributed by atoms with van der Waals surface area (Å²) in [5.41, 5.74) is 1.33. The van der Waals surface area contributed by atoms with Gasteiger partial charge in [-0.2, -0.15) is 0 Å². The van der Waals surface area contributed by atoms with Crippen molar-refractivity contribution in [1.82, 2.24) is 4.98 Å². The minimum absolute atomic E-state index is 0.183. The summed E-state index contributed by atoms with van der Waals surface area (Å²) in [5, 5.41) is 3.70. The second-order valence-electron chi connectivity index (χ2n) is 4.83. The number of benzene rings is 2. The monoisotopic (exact) mass is 350 g/mol.